The van der Waals surface area contributed by atoms with Crippen molar-refractivity contribution in [2.24, 2.45) is 0 Å². The van der Waals surface area contributed by atoms with Gasteiger partial charge in [-0.15, -0.1) is 0 Å². The monoisotopic (exact) mass is 286 g/mol. The van der Waals surface area contributed by atoms with E-state index < -0.39 is 11.7 Å². The molecule has 0 atom stereocenters. The fourth-order valence-electron chi connectivity index (χ4n) is 2.52. The van der Waals surface area contributed by atoms with E-state index in [2.05, 4.69) is 0 Å². The topological polar surface area (TPSA) is 0 Å². The fourth-order valence-corrected chi connectivity index (χ4v) is 2.52. The van der Waals surface area contributed by atoms with E-state index in [1.165, 1.54) is 12.1 Å². The molecule has 0 aliphatic heterocycles. The van der Waals surface area contributed by atoms with Crippen molar-refractivity contribution < 1.29 is 13.2 Å². The van der Waals surface area contributed by atoms with E-state index >= 15 is 0 Å². The number of fused-ring (bicyclic) bond motifs is 1. The summed E-state index contributed by atoms with van der Waals surface area (Å²) in [5.74, 6) is 0. The van der Waals surface area contributed by atoms with Crippen LogP contribution < -0.4 is 0 Å². The number of alkyl halides is 3. The van der Waals surface area contributed by atoms with E-state index in [-0.39, 0.29) is 6.42 Å². The van der Waals surface area contributed by atoms with Gasteiger partial charge in [-0.1, -0.05) is 60.7 Å². The number of hydrogen-bond acceptors (Lipinski definition) is 0. The van der Waals surface area contributed by atoms with Crippen molar-refractivity contribution in [3.8, 4) is 0 Å². The van der Waals surface area contributed by atoms with Crippen molar-refractivity contribution in [2.75, 3.05) is 0 Å². The van der Waals surface area contributed by atoms with Crippen molar-refractivity contribution in [2.45, 2.75) is 12.6 Å². The molecule has 0 fully saturated rings. The molecule has 0 unspecified atom stereocenters. The molecule has 21 heavy (non-hydrogen) atoms. The fraction of sp³-hybridized carbons (Fsp3) is 0.111. The zero-order chi connectivity index (χ0) is 14.9. The molecule has 3 heteroatoms. The van der Waals surface area contributed by atoms with Gasteiger partial charge in [-0.2, -0.15) is 13.2 Å². The van der Waals surface area contributed by atoms with Crippen molar-refractivity contribution in [1.29, 1.82) is 0 Å². The van der Waals surface area contributed by atoms with Crippen LogP contribution >= 0.6 is 0 Å². The first-order valence-corrected chi connectivity index (χ1v) is 6.67. The smallest absolute Gasteiger partial charge is 0.166 e. The lowest BCUT2D eigenvalue weighted by Crippen LogP contribution is -2.09. The summed E-state index contributed by atoms with van der Waals surface area (Å²) in [6.07, 6.45) is -4.03. The Morgan fingerprint density at radius 2 is 1.38 bits per heavy atom. The van der Waals surface area contributed by atoms with Gasteiger partial charge < -0.3 is 0 Å². The highest BCUT2D eigenvalue weighted by Gasteiger charge is 2.32. The molecule has 3 aromatic carbocycles. The summed E-state index contributed by atoms with van der Waals surface area (Å²) in [6.45, 7) is 0. The van der Waals surface area contributed by atoms with Crippen LogP contribution in [-0.2, 0) is 12.6 Å². The molecule has 0 aromatic heterocycles. The van der Waals surface area contributed by atoms with Gasteiger partial charge >= 0.3 is 6.18 Å². The van der Waals surface area contributed by atoms with Crippen LogP contribution in [0.3, 0.4) is 0 Å². The lowest BCUT2D eigenvalue weighted by Gasteiger charge is -2.13. The molecule has 3 aromatic rings. The van der Waals surface area contributed by atoms with E-state index in [0.717, 1.165) is 22.4 Å². The maximum absolute atomic E-state index is 13.0. The SMILES string of the molecule is FC(F)(F)c1ccccc1Cc1ccc2ccccc2c1. The third-order valence-electron chi connectivity index (χ3n) is 3.53. The zero-order valence-corrected chi connectivity index (χ0v) is 11.2. The van der Waals surface area contributed by atoms with Gasteiger partial charge in [0.15, 0.2) is 0 Å². The normalized spacial score (nSPS) is 11.8. The molecule has 0 N–H and O–H groups in total. The van der Waals surface area contributed by atoms with Crippen molar-refractivity contribution in [3.63, 3.8) is 0 Å². The predicted molar refractivity (Wildman–Crippen MR) is 78.2 cm³/mol. The summed E-state index contributed by atoms with van der Waals surface area (Å²) in [7, 11) is 0. The minimum atomic E-state index is -4.31. The van der Waals surface area contributed by atoms with Gasteiger partial charge in [-0.25, -0.2) is 0 Å². The minimum Gasteiger partial charge on any atom is -0.166 e. The molecule has 0 saturated carbocycles. The van der Waals surface area contributed by atoms with E-state index in [9.17, 15) is 13.2 Å². The lowest BCUT2D eigenvalue weighted by molar-refractivity contribution is -0.138. The molecule has 0 amide bonds. The molecule has 0 aliphatic rings. The van der Waals surface area contributed by atoms with Crippen LogP contribution in [-0.4, -0.2) is 0 Å². The molecule has 0 aliphatic carbocycles. The Morgan fingerprint density at radius 1 is 0.714 bits per heavy atom. The van der Waals surface area contributed by atoms with E-state index in [0.29, 0.717) is 5.56 Å². The summed E-state index contributed by atoms with van der Waals surface area (Å²) in [5, 5.41) is 2.13. The number of rotatable bonds is 2. The second kappa shape index (κ2) is 5.24. The zero-order valence-electron chi connectivity index (χ0n) is 11.2. The highest BCUT2D eigenvalue weighted by molar-refractivity contribution is 5.83. The first-order chi connectivity index (χ1) is 10.0. The van der Waals surface area contributed by atoms with Crippen molar-refractivity contribution >= 4 is 10.8 Å². The van der Waals surface area contributed by atoms with Gasteiger partial charge in [0, 0.05) is 0 Å². The quantitative estimate of drug-likeness (QED) is 0.587. The van der Waals surface area contributed by atoms with E-state index in [1.807, 2.05) is 42.5 Å². The van der Waals surface area contributed by atoms with Crippen LogP contribution in [0.15, 0.2) is 66.7 Å². The molecule has 3 rings (SSSR count). The number of hydrogen-bond donors (Lipinski definition) is 0. The summed E-state index contributed by atoms with van der Waals surface area (Å²) in [6, 6.07) is 19.3. The lowest BCUT2D eigenvalue weighted by atomic mass is 9.97. The Hall–Kier alpha value is -2.29. The van der Waals surface area contributed by atoms with Crippen LogP contribution in [0, 0.1) is 0 Å². The molecule has 0 nitrogen and oxygen atoms in total. The molecule has 0 heterocycles. The average molecular weight is 286 g/mol. The second-order valence-corrected chi connectivity index (χ2v) is 5.01. The standard InChI is InChI=1S/C18H13F3/c19-18(20,21)17-8-4-3-7-16(17)12-13-9-10-14-5-1-2-6-15(14)11-13/h1-11H,12H2. The molecule has 106 valence electrons. The van der Waals surface area contributed by atoms with Crippen LogP contribution in [0.2, 0.25) is 0 Å². The molecular weight excluding hydrogens is 273 g/mol. The van der Waals surface area contributed by atoms with Gasteiger partial charge in [0.25, 0.3) is 0 Å². The van der Waals surface area contributed by atoms with Gasteiger partial charge in [-0.05, 0) is 34.4 Å². The molecular formula is C18H13F3. The third kappa shape index (κ3) is 2.92. The Kier molecular flexibility index (Phi) is 3.42. The van der Waals surface area contributed by atoms with E-state index in [1.54, 1.807) is 6.07 Å². The third-order valence-corrected chi connectivity index (χ3v) is 3.53. The van der Waals surface area contributed by atoms with Crippen molar-refractivity contribution in [3.05, 3.63) is 83.4 Å². The Balaban J connectivity index is 1.99. The number of benzene rings is 3. The minimum absolute atomic E-state index is 0.278. The van der Waals surface area contributed by atoms with Crippen LogP contribution in [0.1, 0.15) is 16.7 Å². The highest BCUT2D eigenvalue weighted by atomic mass is 19.4. The first-order valence-electron chi connectivity index (χ1n) is 6.67. The van der Waals surface area contributed by atoms with Crippen LogP contribution in [0.5, 0.6) is 0 Å². The summed E-state index contributed by atoms with van der Waals surface area (Å²) < 4.78 is 39.0. The van der Waals surface area contributed by atoms with Crippen molar-refractivity contribution in [1.82, 2.24) is 0 Å². The van der Waals surface area contributed by atoms with Gasteiger partial charge in [0.2, 0.25) is 0 Å². The second-order valence-electron chi connectivity index (χ2n) is 5.01. The Labute approximate surface area is 120 Å². The Bertz CT molecular complexity index is 773. The molecule has 0 radical (unpaired) electrons. The predicted octanol–water partition coefficient (Wildman–Crippen LogP) is 5.45. The van der Waals surface area contributed by atoms with Gasteiger partial charge in [0.05, 0.1) is 5.56 Å². The van der Waals surface area contributed by atoms with Crippen LogP contribution in [0.25, 0.3) is 10.8 Å². The van der Waals surface area contributed by atoms with E-state index in [4.69, 9.17) is 0 Å². The average Bonchev–Trinajstić information content (AvgIpc) is 2.46. The summed E-state index contributed by atoms with van der Waals surface area (Å²) in [5.41, 5.74) is 0.629. The Morgan fingerprint density at radius 3 is 2.14 bits per heavy atom. The van der Waals surface area contributed by atoms with Crippen LogP contribution in [0.4, 0.5) is 13.2 Å². The molecule has 0 spiro atoms. The molecule has 0 bridgehead atoms. The summed E-state index contributed by atoms with van der Waals surface area (Å²) >= 11 is 0. The number of halogens is 3. The maximum Gasteiger partial charge on any atom is 0.416 e. The first kappa shape index (κ1) is 13.7. The van der Waals surface area contributed by atoms with Gasteiger partial charge in [0.1, 0.15) is 0 Å². The molecule has 0 saturated heterocycles. The summed E-state index contributed by atoms with van der Waals surface area (Å²) in [4.78, 5) is 0. The van der Waals surface area contributed by atoms with Gasteiger partial charge in [-0.3, -0.25) is 0 Å². The highest BCUT2D eigenvalue weighted by Crippen LogP contribution is 2.33. The largest absolute Gasteiger partial charge is 0.416 e. The maximum atomic E-state index is 13.0.